The maximum absolute atomic E-state index is 11.3. The van der Waals surface area contributed by atoms with Crippen molar-refractivity contribution in [1.29, 1.82) is 0 Å². The van der Waals surface area contributed by atoms with E-state index in [1.807, 2.05) is 11.8 Å². The number of carbonyl (C=O) groups excluding carboxylic acids is 1. The highest BCUT2D eigenvalue weighted by atomic mass is 32.2. The topological polar surface area (TPSA) is 64.3 Å². The average Bonchev–Trinajstić information content (AvgIpc) is 3.01. The number of thioether (sulfide) groups is 1. The zero-order valence-electron chi connectivity index (χ0n) is 10.4. The Bertz CT molecular complexity index is 271. The molecule has 2 aliphatic rings. The second-order valence-corrected chi connectivity index (χ2v) is 6.31. The number of nitrogens with one attached hydrogen (secondary N) is 1. The van der Waals surface area contributed by atoms with Crippen LogP contribution < -0.4 is 11.1 Å². The van der Waals surface area contributed by atoms with Crippen molar-refractivity contribution in [3.63, 3.8) is 0 Å². The van der Waals surface area contributed by atoms with Crippen LogP contribution in [-0.2, 0) is 9.53 Å². The van der Waals surface area contributed by atoms with Gasteiger partial charge in [-0.2, -0.15) is 11.8 Å². The van der Waals surface area contributed by atoms with Crippen LogP contribution in [0.25, 0.3) is 0 Å². The largest absolute Gasteiger partial charge is 0.377 e. The van der Waals surface area contributed by atoms with Crippen LogP contribution in [0.4, 0.5) is 0 Å². The Morgan fingerprint density at radius 2 is 2.29 bits per heavy atom. The summed E-state index contributed by atoms with van der Waals surface area (Å²) in [4.78, 5) is 11.3. The molecule has 1 saturated carbocycles. The number of rotatable bonds is 7. The molecule has 1 saturated heterocycles. The first-order valence-electron chi connectivity index (χ1n) is 6.45. The molecule has 5 heteroatoms. The summed E-state index contributed by atoms with van der Waals surface area (Å²) in [5.41, 5.74) is 5.40. The van der Waals surface area contributed by atoms with Crippen molar-refractivity contribution in [1.82, 2.24) is 5.32 Å². The number of hydrogen-bond acceptors (Lipinski definition) is 4. The quantitative estimate of drug-likeness (QED) is 0.712. The zero-order chi connectivity index (χ0) is 12.3. The summed E-state index contributed by atoms with van der Waals surface area (Å²) in [6.07, 6.45) is 4.68. The van der Waals surface area contributed by atoms with E-state index in [0.717, 1.165) is 25.2 Å². The average molecular weight is 258 g/mol. The lowest BCUT2D eigenvalue weighted by Gasteiger charge is -2.17. The highest BCUT2D eigenvalue weighted by Gasteiger charge is 2.28. The number of hydrogen-bond donors (Lipinski definition) is 2. The Morgan fingerprint density at radius 3 is 2.82 bits per heavy atom. The normalized spacial score (nSPS) is 30.4. The summed E-state index contributed by atoms with van der Waals surface area (Å²) in [6.45, 7) is 3.00. The summed E-state index contributed by atoms with van der Waals surface area (Å²) in [6, 6.07) is 0.388. The Morgan fingerprint density at radius 1 is 1.53 bits per heavy atom. The third-order valence-corrected chi connectivity index (χ3v) is 4.92. The molecule has 3 atom stereocenters. The number of ether oxygens (including phenoxy) is 1. The van der Waals surface area contributed by atoms with Crippen molar-refractivity contribution in [3.05, 3.63) is 0 Å². The number of primary amides is 1. The van der Waals surface area contributed by atoms with Crippen molar-refractivity contribution in [2.45, 2.75) is 56.0 Å². The molecular formula is C12H22N2O2S. The molecule has 1 aliphatic heterocycles. The van der Waals surface area contributed by atoms with Crippen LogP contribution in [-0.4, -0.2) is 41.7 Å². The van der Waals surface area contributed by atoms with Crippen molar-refractivity contribution in [3.8, 4) is 0 Å². The predicted octanol–water partition coefficient (Wildman–Crippen LogP) is 0.893. The van der Waals surface area contributed by atoms with E-state index >= 15 is 0 Å². The van der Waals surface area contributed by atoms with Gasteiger partial charge in [-0.25, -0.2) is 0 Å². The second kappa shape index (κ2) is 6.07. The molecule has 0 aromatic carbocycles. The van der Waals surface area contributed by atoms with Crippen LogP contribution >= 0.6 is 11.8 Å². The van der Waals surface area contributed by atoms with Crippen LogP contribution in [0, 0.1) is 0 Å². The van der Waals surface area contributed by atoms with Crippen LogP contribution in [0.15, 0.2) is 0 Å². The van der Waals surface area contributed by atoms with E-state index in [-0.39, 0.29) is 11.9 Å². The zero-order valence-corrected chi connectivity index (χ0v) is 11.2. The summed E-state index contributed by atoms with van der Waals surface area (Å²) in [7, 11) is 0. The minimum atomic E-state index is -0.215. The van der Waals surface area contributed by atoms with Crippen molar-refractivity contribution in [2.24, 2.45) is 5.73 Å². The van der Waals surface area contributed by atoms with Crippen LogP contribution in [0.2, 0.25) is 0 Å². The fourth-order valence-corrected chi connectivity index (χ4v) is 3.40. The van der Waals surface area contributed by atoms with Gasteiger partial charge in [-0.1, -0.05) is 0 Å². The summed E-state index contributed by atoms with van der Waals surface area (Å²) in [5.74, 6) is 0.763. The summed E-state index contributed by atoms with van der Waals surface area (Å²) >= 11 is 1.91. The molecule has 0 aromatic rings. The van der Waals surface area contributed by atoms with E-state index in [4.69, 9.17) is 10.5 Å². The van der Waals surface area contributed by atoms with Crippen molar-refractivity contribution >= 4 is 17.7 Å². The van der Waals surface area contributed by atoms with Gasteiger partial charge in [-0.3, -0.25) is 4.79 Å². The van der Waals surface area contributed by atoms with Gasteiger partial charge in [-0.05, 0) is 38.4 Å². The van der Waals surface area contributed by atoms with Gasteiger partial charge in [0.2, 0.25) is 5.91 Å². The SMILES string of the molecule is CC1OCCC1SCCC(NC1CC1)C(N)=O. The van der Waals surface area contributed by atoms with Gasteiger partial charge in [0.05, 0.1) is 12.1 Å². The van der Waals surface area contributed by atoms with E-state index in [9.17, 15) is 4.79 Å². The number of amides is 1. The Labute approximate surface area is 107 Å². The molecule has 2 fully saturated rings. The Kier molecular flexibility index (Phi) is 4.70. The highest BCUT2D eigenvalue weighted by Crippen LogP contribution is 2.27. The van der Waals surface area contributed by atoms with Crippen LogP contribution in [0.3, 0.4) is 0 Å². The third kappa shape index (κ3) is 4.16. The van der Waals surface area contributed by atoms with Crippen molar-refractivity contribution < 1.29 is 9.53 Å². The molecule has 4 nitrogen and oxygen atoms in total. The van der Waals surface area contributed by atoms with Gasteiger partial charge in [0.25, 0.3) is 0 Å². The van der Waals surface area contributed by atoms with Crippen LogP contribution in [0.1, 0.15) is 32.6 Å². The molecule has 2 rings (SSSR count). The molecular weight excluding hydrogens is 236 g/mol. The maximum Gasteiger partial charge on any atom is 0.234 e. The van der Waals surface area contributed by atoms with Gasteiger partial charge in [-0.15, -0.1) is 0 Å². The number of carbonyl (C=O) groups is 1. The molecule has 0 aromatic heterocycles. The lowest BCUT2D eigenvalue weighted by molar-refractivity contribution is -0.120. The molecule has 3 unspecified atom stereocenters. The Hall–Kier alpha value is -0.260. The summed E-state index contributed by atoms with van der Waals surface area (Å²) < 4.78 is 5.52. The highest BCUT2D eigenvalue weighted by molar-refractivity contribution is 7.99. The molecule has 1 amide bonds. The monoisotopic (exact) mass is 258 g/mol. The van der Waals surface area contributed by atoms with E-state index < -0.39 is 0 Å². The molecule has 0 spiro atoms. The lowest BCUT2D eigenvalue weighted by Crippen LogP contribution is -2.42. The predicted molar refractivity (Wildman–Crippen MR) is 70.0 cm³/mol. The van der Waals surface area contributed by atoms with Crippen molar-refractivity contribution in [2.75, 3.05) is 12.4 Å². The minimum Gasteiger partial charge on any atom is -0.377 e. The van der Waals surface area contributed by atoms with E-state index in [1.54, 1.807) is 0 Å². The Balaban J connectivity index is 1.65. The fourth-order valence-electron chi connectivity index (χ4n) is 2.11. The standard InChI is InChI=1S/C12H22N2O2S/c1-8-11(4-6-16-8)17-7-5-10(12(13)15)14-9-2-3-9/h8-11,14H,2-7H2,1H3,(H2,13,15). The van der Waals surface area contributed by atoms with E-state index in [0.29, 0.717) is 17.4 Å². The van der Waals surface area contributed by atoms with Gasteiger partial charge in [0, 0.05) is 17.9 Å². The maximum atomic E-state index is 11.3. The summed E-state index contributed by atoms with van der Waals surface area (Å²) in [5, 5.41) is 3.90. The second-order valence-electron chi connectivity index (χ2n) is 4.96. The van der Waals surface area contributed by atoms with E-state index in [1.165, 1.54) is 12.8 Å². The molecule has 17 heavy (non-hydrogen) atoms. The molecule has 98 valence electrons. The number of nitrogens with two attached hydrogens (primary N) is 1. The molecule has 1 heterocycles. The molecule has 1 aliphatic carbocycles. The molecule has 3 N–H and O–H groups in total. The first kappa shape index (κ1) is 13.2. The minimum absolute atomic E-state index is 0.146. The third-order valence-electron chi connectivity index (χ3n) is 3.40. The lowest BCUT2D eigenvalue weighted by atomic mass is 10.2. The fraction of sp³-hybridized carbons (Fsp3) is 0.917. The smallest absolute Gasteiger partial charge is 0.234 e. The van der Waals surface area contributed by atoms with E-state index in [2.05, 4.69) is 12.2 Å². The van der Waals surface area contributed by atoms with Crippen LogP contribution in [0.5, 0.6) is 0 Å². The van der Waals surface area contributed by atoms with Gasteiger partial charge in [0.1, 0.15) is 0 Å². The van der Waals surface area contributed by atoms with Gasteiger partial charge < -0.3 is 15.8 Å². The first-order chi connectivity index (χ1) is 8.16. The van der Waals surface area contributed by atoms with Gasteiger partial charge in [0.15, 0.2) is 0 Å². The first-order valence-corrected chi connectivity index (χ1v) is 7.50. The molecule has 0 bridgehead atoms. The van der Waals surface area contributed by atoms with Gasteiger partial charge >= 0.3 is 0 Å². The molecule has 0 radical (unpaired) electrons.